The highest BCUT2D eigenvalue weighted by molar-refractivity contribution is 6.29. The fraction of sp³-hybridized carbons (Fsp3) is 0.318. The van der Waals surface area contributed by atoms with Crippen LogP contribution in [-0.2, 0) is 20.9 Å². The number of carbonyl (C=O) groups is 2. The van der Waals surface area contributed by atoms with Gasteiger partial charge in [0.15, 0.2) is 6.61 Å². The Morgan fingerprint density at radius 3 is 2.82 bits per heavy atom. The van der Waals surface area contributed by atoms with E-state index in [1.54, 1.807) is 17.0 Å². The molecule has 0 spiro atoms. The Kier molecular flexibility index (Phi) is 6.85. The second-order valence-corrected chi connectivity index (χ2v) is 7.92. The third-order valence-corrected chi connectivity index (χ3v) is 5.62. The zero-order valence-electron chi connectivity index (χ0n) is 18.0. The number of benzene rings is 1. The first-order chi connectivity index (χ1) is 16.0. The molecule has 1 fully saturated rings. The molecule has 0 unspecified atom stereocenters. The Labute approximate surface area is 195 Å². The number of anilines is 1. The Hall–Kier alpha value is -3.50. The molecule has 3 heterocycles. The summed E-state index contributed by atoms with van der Waals surface area (Å²) >= 11 is 5.76. The minimum atomic E-state index is -0.735. The van der Waals surface area contributed by atoms with Gasteiger partial charge in [-0.1, -0.05) is 17.7 Å². The van der Waals surface area contributed by atoms with Gasteiger partial charge in [-0.15, -0.1) is 0 Å². The molecule has 3 aromatic rings. The van der Waals surface area contributed by atoms with Crippen molar-refractivity contribution in [2.45, 2.75) is 12.6 Å². The first-order valence-corrected chi connectivity index (χ1v) is 10.6. The molecule has 1 aromatic carbocycles. The highest BCUT2D eigenvalue weighted by Crippen LogP contribution is 2.21. The smallest absolute Gasteiger partial charge is 0.261 e. The molecule has 2 amide bonds. The van der Waals surface area contributed by atoms with E-state index in [-0.39, 0.29) is 25.0 Å². The van der Waals surface area contributed by atoms with Gasteiger partial charge in [-0.25, -0.2) is 15.0 Å². The number of halogens is 1. The van der Waals surface area contributed by atoms with Crippen LogP contribution in [0, 0.1) is 0 Å². The van der Waals surface area contributed by atoms with E-state index >= 15 is 0 Å². The minimum Gasteiger partial charge on any atom is -0.482 e. The summed E-state index contributed by atoms with van der Waals surface area (Å²) in [7, 11) is 1.50. The van der Waals surface area contributed by atoms with Crippen LogP contribution in [0.2, 0.25) is 5.15 Å². The molecule has 0 radical (unpaired) electrons. The number of aromatic nitrogens is 3. The van der Waals surface area contributed by atoms with Crippen LogP contribution < -0.4 is 10.5 Å². The average molecular weight is 471 g/mol. The first kappa shape index (κ1) is 22.7. The Morgan fingerprint density at radius 2 is 2.06 bits per heavy atom. The van der Waals surface area contributed by atoms with Crippen LogP contribution >= 0.6 is 11.6 Å². The van der Waals surface area contributed by atoms with Crippen molar-refractivity contribution in [1.82, 2.24) is 24.8 Å². The number of piperazine rings is 1. The second-order valence-electron chi connectivity index (χ2n) is 7.53. The predicted octanol–water partition coefficient (Wildman–Crippen LogP) is 1.53. The van der Waals surface area contributed by atoms with Crippen molar-refractivity contribution >= 4 is 40.1 Å². The van der Waals surface area contributed by atoms with Crippen LogP contribution in [-0.4, -0.2) is 76.0 Å². The molecule has 33 heavy (non-hydrogen) atoms. The van der Waals surface area contributed by atoms with Gasteiger partial charge in [-0.3, -0.25) is 9.59 Å². The zero-order chi connectivity index (χ0) is 23.4. The molecular formula is C22H23ClN6O4. The van der Waals surface area contributed by atoms with Crippen molar-refractivity contribution in [2.75, 3.05) is 39.1 Å². The fourth-order valence-electron chi connectivity index (χ4n) is 3.73. The summed E-state index contributed by atoms with van der Waals surface area (Å²) in [5.74, 6) is 0.332. The van der Waals surface area contributed by atoms with Gasteiger partial charge in [0.1, 0.15) is 29.1 Å². The lowest BCUT2D eigenvalue weighted by Gasteiger charge is -2.40. The average Bonchev–Trinajstić information content (AvgIpc) is 2.81. The number of nitrogen functional groups attached to an aromatic ring is 1. The number of fused-ring (bicyclic) bond motifs is 1. The lowest BCUT2D eigenvalue weighted by molar-refractivity contribution is -0.155. The molecule has 11 heteroatoms. The van der Waals surface area contributed by atoms with Crippen LogP contribution in [0.1, 0.15) is 5.56 Å². The van der Waals surface area contributed by atoms with Crippen molar-refractivity contribution in [2.24, 2.45) is 0 Å². The molecular weight excluding hydrogens is 448 g/mol. The van der Waals surface area contributed by atoms with Crippen LogP contribution in [0.25, 0.3) is 10.9 Å². The molecule has 0 bridgehead atoms. The molecule has 0 aliphatic carbocycles. The quantitative estimate of drug-likeness (QED) is 0.515. The molecule has 1 aliphatic heterocycles. The number of nitrogens with zero attached hydrogens (tertiary/aromatic N) is 5. The lowest BCUT2D eigenvalue weighted by Crippen LogP contribution is -2.60. The third-order valence-electron chi connectivity index (χ3n) is 5.40. The van der Waals surface area contributed by atoms with E-state index in [9.17, 15) is 9.59 Å². The highest BCUT2D eigenvalue weighted by atomic mass is 35.5. The summed E-state index contributed by atoms with van der Waals surface area (Å²) in [5, 5.41) is 1.09. The molecule has 2 N–H and O–H groups in total. The molecule has 1 saturated heterocycles. The van der Waals surface area contributed by atoms with E-state index in [4.69, 9.17) is 26.8 Å². The largest absolute Gasteiger partial charge is 0.482 e. The van der Waals surface area contributed by atoms with E-state index in [2.05, 4.69) is 15.0 Å². The van der Waals surface area contributed by atoms with Crippen LogP contribution in [0.4, 0.5) is 5.82 Å². The van der Waals surface area contributed by atoms with Crippen molar-refractivity contribution < 1.29 is 19.1 Å². The van der Waals surface area contributed by atoms with E-state index in [1.807, 2.05) is 18.2 Å². The number of carbonyl (C=O) groups excluding carboxylic acids is 2. The van der Waals surface area contributed by atoms with Gasteiger partial charge < -0.3 is 25.0 Å². The number of methoxy groups -OCH3 is 1. The second kappa shape index (κ2) is 9.97. The van der Waals surface area contributed by atoms with Crippen molar-refractivity contribution in [1.29, 1.82) is 0 Å². The predicted molar refractivity (Wildman–Crippen MR) is 121 cm³/mol. The summed E-state index contributed by atoms with van der Waals surface area (Å²) < 4.78 is 10.8. The maximum atomic E-state index is 13.2. The number of amides is 2. The summed E-state index contributed by atoms with van der Waals surface area (Å²) in [6.07, 6.45) is 2.85. The SMILES string of the molecule is COC[C@@H]1C(=O)N(Cc2ccc3c(N)ncnc3c2)CCN1C(=O)COc1ccc(Cl)nc1. The van der Waals surface area contributed by atoms with Crippen LogP contribution in [0.5, 0.6) is 5.75 Å². The van der Waals surface area contributed by atoms with Gasteiger partial charge in [-0.2, -0.15) is 0 Å². The molecule has 2 aromatic heterocycles. The van der Waals surface area contributed by atoms with Gasteiger partial charge in [0, 0.05) is 32.1 Å². The normalized spacial score (nSPS) is 16.3. The number of ether oxygens (including phenoxy) is 2. The number of rotatable bonds is 7. The molecule has 172 valence electrons. The monoisotopic (exact) mass is 470 g/mol. The van der Waals surface area contributed by atoms with Crippen LogP contribution in [0.3, 0.4) is 0 Å². The third kappa shape index (κ3) is 5.12. The van der Waals surface area contributed by atoms with E-state index in [0.29, 0.717) is 41.9 Å². The number of hydrogen-bond acceptors (Lipinski definition) is 8. The maximum absolute atomic E-state index is 13.2. The van der Waals surface area contributed by atoms with Gasteiger partial charge >= 0.3 is 0 Å². The fourth-order valence-corrected chi connectivity index (χ4v) is 3.84. The highest BCUT2D eigenvalue weighted by Gasteiger charge is 2.37. The molecule has 1 aliphatic rings. The topological polar surface area (TPSA) is 124 Å². The van der Waals surface area contributed by atoms with Gasteiger partial charge in [-0.05, 0) is 29.8 Å². The van der Waals surface area contributed by atoms with Crippen molar-refractivity contribution in [3.8, 4) is 5.75 Å². The van der Waals surface area contributed by atoms with E-state index in [0.717, 1.165) is 10.9 Å². The molecule has 1 atom stereocenters. The van der Waals surface area contributed by atoms with Crippen LogP contribution in [0.15, 0.2) is 42.9 Å². The van der Waals surface area contributed by atoms with Gasteiger partial charge in [0.2, 0.25) is 5.91 Å². The molecule has 0 saturated carbocycles. The molecule has 10 nitrogen and oxygen atoms in total. The first-order valence-electron chi connectivity index (χ1n) is 10.3. The number of nitrogens with two attached hydrogens (primary N) is 1. The summed E-state index contributed by atoms with van der Waals surface area (Å²) in [4.78, 5) is 41.4. The van der Waals surface area contributed by atoms with Crippen molar-refractivity contribution in [3.05, 3.63) is 53.6 Å². The number of hydrogen-bond donors (Lipinski definition) is 1. The Balaban J connectivity index is 1.43. The van der Waals surface area contributed by atoms with Gasteiger partial charge in [0.05, 0.1) is 18.3 Å². The standard InChI is InChI=1S/C22H23ClN6O4/c1-32-11-18-22(31)28(10-14-2-4-16-17(8-14)26-13-27-21(16)24)6-7-29(18)20(30)12-33-15-3-5-19(23)25-9-15/h2-5,8-9,13,18H,6-7,10-12H2,1H3,(H2,24,26,27)/t18-/m1/s1. The Morgan fingerprint density at radius 1 is 1.21 bits per heavy atom. The van der Waals surface area contributed by atoms with E-state index in [1.165, 1.54) is 24.5 Å². The van der Waals surface area contributed by atoms with Crippen molar-refractivity contribution in [3.63, 3.8) is 0 Å². The summed E-state index contributed by atoms with van der Waals surface area (Å²) in [6.45, 7) is 1.00. The van der Waals surface area contributed by atoms with E-state index < -0.39 is 6.04 Å². The summed E-state index contributed by atoms with van der Waals surface area (Å²) in [6, 6.07) is 8.09. The molecule has 4 rings (SSSR count). The Bertz CT molecular complexity index is 1160. The lowest BCUT2D eigenvalue weighted by atomic mass is 10.1. The minimum absolute atomic E-state index is 0.0883. The zero-order valence-corrected chi connectivity index (χ0v) is 18.7. The number of pyridine rings is 1. The van der Waals surface area contributed by atoms with Gasteiger partial charge in [0.25, 0.3) is 5.91 Å². The summed E-state index contributed by atoms with van der Waals surface area (Å²) in [5.41, 5.74) is 7.51. The maximum Gasteiger partial charge on any atom is 0.261 e.